The molecule has 2 amide bonds. The van der Waals surface area contributed by atoms with Crippen LogP contribution in [0.2, 0.25) is 0 Å². The first kappa shape index (κ1) is 21.4. The van der Waals surface area contributed by atoms with E-state index >= 15 is 0 Å². The highest BCUT2D eigenvalue weighted by atomic mass is 16.6. The van der Waals surface area contributed by atoms with Crippen LogP contribution in [0.4, 0.5) is 4.79 Å². The predicted octanol–water partition coefficient (Wildman–Crippen LogP) is 4.07. The number of methoxy groups -OCH3 is 1. The Kier molecular flexibility index (Phi) is 6.10. The average molecular weight is 409 g/mol. The fourth-order valence-corrected chi connectivity index (χ4v) is 3.22. The van der Waals surface area contributed by atoms with Crippen molar-refractivity contribution in [2.24, 2.45) is 4.99 Å². The Balaban J connectivity index is 2.00. The molecule has 0 radical (unpaired) electrons. The second-order valence-electron chi connectivity index (χ2n) is 8.12. The number of fused-ring (bicyclic) bond motifs is 1. The largest absolute Gasteiger partial charge is 0.497 e. The number of rotatable bonds is 3. The van der Waals surface area contributed by atoms with Crippen molar-refractivity contribution in [2.45, 2.75) is 39.5 Å². The van der Waals surface area contributed by atoms with Crippen LogP contribution in [0.15, 0.2) is 53.5 Å². The minimum atomic E-state index is -0.733. The van der Waals surface area contributed by atoms with Gasteiger partial charge in [-0.1, -0.05) is 30.3 Å². The Hall–Kier alpha value is -3.35. The predicted molar refractivity (Wildman–Crippen MR) is 114 cm³/mol. The Bertz CT molecular complexity index is 961. The van der Waals surface area contributed by atoms with Crippen LogP contribution in [0.1, 0.15) is 42.3 Å². The van der Waals surface area contributed by atoms with Gasteiger partial charge >= 0.3 is 6.09 Å². The average Bonchev–Trinajstić information content (AvgIpc) is 2.78. The third-order valence-electron chi connectivity index (χ3n) is 4.61. The molecular weight excluding hydrogens is 382 g/mol. The lowest BCUT2D eigenvalue weighted by Crippen LogP contribution is -2.43. The van der Waals surface area contributed by atoms with E-state index in [1.165, 1.54) is 4.90 Å². The topological polar surface area (TPSA) is 71.4 Å². The van der Waals surface area contributed by atoms with E-state index in [1.54, 1.807) is 41.0 Å². The van der Waals surface area contributed by atoms with Crippen LogP contribution < -0.4 is 4.74 Å². The van der Waals surface area contributed by atoms with Crippen molar-refractivity contribution in [1.82, 2.24) is 9.80 Å². The minimum Gasteiger partial charge on any atom is -0.497 e. The van der Waals surface area contributed by atoms with Crippen LogP contribution in [0, 0.1) is 0 Å². The van der Waals surface area contributed by atoms with E-state index in [9.17, 15) is 9.59 Å². The Morgan fingerprint density at radius 3 is 2.40 bits per heavy atom. The van der Waals surface area contributed by atoms with Gasteiger partial charge in [-0.05, 0) is 50.1 Å². The van der Waals surface area contributed by atoms with Crippen molar-refractivity contribution in [3.05, 3.63) is 65.2 Å². The van der Waals surface area contributed by atoms with Gasteiger partial charge in [0.1, 0.15) is 11.4 Å². The highest BCUT2D eigenvalue weighted by molar-refractivity contribution is 6.09. The molecule has 1 heterocycles. The highest BCUT2D eigenvalue weighted by Gasteiger charge is 2.30. The van der Waals surface area contributed by atoms with Gasteiger partial charge in [0.15, 0.2) is 0 Å². The summed E-state index contributed by atoms with van der Waals surface area (Å²) in [6.07, 6.45) is -0.733. The third-order valence-corrected chi connectivity index (χ3v) is 4.61. The first-order valence-electron chi connectivity index (χ1n) is 9.73. The van der Waals surface area contributed by atoms with Crippen LogP contribution >= 0.6 is 0 Å². The molecule has 0 unspecified atom stereocenters. The molecule has 158 valence electrons. The smallest absolute Gasteiger partial charge is 0.437 e. The SMILES string of the molecule is COc1ccc(CN2Cc3ccccc3C(=O)N(C)C2=NC(=O)OC(C)(C)C)cc1. The first-order valence-corrected chi connectivity index (χ1v) is 9.73. The number of nitrogens with zero attached hydrogens (tertiary/aromatic N) is 3. The van der Waals surface area contributed by atoms with Crippen LogP contribution in [0.5, 0.6) is 5.75 Å². The second kappa shape index (κ2) is 8.57. The molecule has 0 spiro atoms. The van der Waals surface area contributed by atoms with Gasteiger partial charge in [0.25, 0.3) is 5.91 Å². The number of hydrogen-bond acceptors (Lipinski definition) is 4. The van der Waals surface area contributed by atoms with Crippen molar-refractivity contribution in [2.75, 3.05) is 14.2 Å². The molecule has 2 aromatic rings. The molecule has 7 nitrogen and oxygen atoms in total. The number of carbonyl (C=O) groups excluding carboxylic acids is 2. The molecule has 1 aliphatic heterocycles. The van der Waals surface area contributed by atoms with Crippen molar-refractivity contribution in [1.29, 1.82) is 0 Å². The summed E-state index contributed by atoms with van der Waals surface area (Å²) in [5, 5.41) is 0. The van der Waals surface area contributed by atoms with Crippen molar-refractivity contribution in [3.8, 4) is 5.75 Å². The van der Waals surface area contributed by atoms with Gasteiger partial charge in [0.05, 0.1) is 7.11 Å². The third kappa shape index (κ3) is 4.97. The van der Waals surface area contributed by atoms with E-state index in [-0.39, 0.29) is 11.9 Å². The number of hydrogen-bond donors (Lipinski definition) is 0. The van der Waals surface area contributed by atoms with Gasteiger partial charge in [-0.2, -0.15) is 0 Å². The van der Waals surface area contributed by atoms with Gasteiger partial charge in [-0.25, -0.2) is 4.79 Å². The zero-order chi connectivity index (χ0) is 21.9. The Morgan fingerprint density at radius 1 is 1.10 bits per heavy atom. The van der Waals surface area contributed by atoms with E-state index in [2.05, 4.69) is 4.99 Å². The van der Waals surface area contributed by atoms with Crippen LogP contribution in [-0.2, 0) is 17.8 Å². The molecule has 3 rings (SSSR count). The summed E-state index contributed by atoms with van der Waals surface area (Å²) in [4.78, 5) is 33.0. The summed E-state index contributed by atoms with van der Waals surface area (Å²) in [7, 11) is 3.24. The van der Waals surface area contributed by atoms with E-state index in [4.69, 9.17) is 9.47 Å². The molecule has 0 saturated carbocycles. The molecule has 0 saturated heterocycles. The van der Waals surface area contributed by atoms with Gasteiger partial charge in [-0.15, -0.1) is 4.99 Å². The zero-order valence-corrected chi connectivity index (χ0v) is 18.0. The fraction of sp³-hybridized carbons (Fsp3) is 0.348. The molecule has 7 heteroatoms. The van der Waals surface area contributed by atoms with Gasteiger partial charge in [0, 0.05) is 25.7 Å². The summed E-state index contributed by atoms with van der Waals surface area (Å²) in [6.45, 7) is 6.21. The van der Waals surface area contributed by atoms with E-state index in [0.29, 0.717) is 18.7 Å². The molecule has 1 aliphatic rings. The monoisotopic (exact) mass is 409 g/mol. The number of ether oxygens (including phenoxy) is 2. The van der Waals surface area contributed by atoms with Crippen LogP contribution in [0.25, 0.3) is 0 Å². The molecule has 0 atom stereocenters. The second-order valence-corrected chi connectivity index (χ2v) is 8.12. The zero-order valence-electron chi connectivity index (χ0n) is 18.0. The first-order chi connectivity index (χ1) is 14.2. The maximum Gasteiger partial charge on any atom is 0.437 e. The maximum atomic E-state index is 13.0. The maximum absolute atomic E-state index is 13.0. The number of benzene rings is 2. The molecule has 0 aliphatic carbocycles. The molecule has 30 heavy (non-hydrogen) atoms. The summed E-state index contributed by atoms with van der Waals surface area (Å²) in [6, 6.07) is 15.1. The van der Waals surface area contributed by atoms with Gasteiger partial charge < -0.3 is 14.4 Å². The lowest BCUT2D eigenvalue weighted by molar-refractivity contribution is 0.0598. The van der Waals surface area contributed by atoms with E-state index in [1.807, 2.05) is 47.4 Å². The van der Waals surface area contributed by atoms with Crippen LogP contribution in [0.3, 0.4) is 0 Å². The quantitative estimate of drug-likeness (QED) is 0.764. The summed E-state index contributed by atoms with van der Waals surface area (Å²) >= 11 is 0. The molecule has 2 aromatic carbocycles. The van der Waals surface area contributed by atoms with E-state index in [0.717, 1.165) is 16.9 Å². The van der Waals surface area contributed by atoms with Crippen molar-refractivity contribution >= 4 is 18.0 Å². The lowest BCUT2D eigenvalue weighted by atomic mass is 10.1. The lowest BCUT2D eigenvalue weighted by Gasteiger charge is -2.28. The van der Waals surface area contributed by atoms with Gasteiger partial charge in [0.2, 0.25) is 5.96 Å². The molecule has 0 aromatic heterocycles. The molecule has 0 fully saturated rings. The number of aliphatic imine (C=N–C) groups is 1. The summed E-state index contributed by atoms with van der Waals surface area (Å²) < 4.78 is 10.6. The number of carbonyl (C=O) groups is 2. The Morgan fingerprint density at radius 2 is 1.77 bits per heavy atom. The minimum absolute atomic E-state index is 0.217. The molecular formula is C23H27N3O4. The molecule has 0 N–H and O–H groups in total. The highest BCUT2D eigenvalue weighted by Crippen LogP contribution is 2.23. The van der Waals surface area contributed by atoms with E-state index < -0.39 is 11.7 Å². The standard InChI is InChI=1S/C23H27N3O4/c1-23(2,3)30-22(28)24-21-25(4)20(27)19-9-7-6-8-17(19)15-26(21)14-16-10-12-18(29-5)13-11-16/h6-13H,14-15H2,1-5H3. The fourth-order valence-electron chi connectivity index (χ4n) is 3.22. The van der Waals surface area contributed by atoms with Crippen molar-refractivity contribution in [3.63, 3.8) is 0 Å². The van der Waals surface area contributed by atoms with Crippen molar-refractivity contribution < 1.29 is 19.1 Å². The Labute approximate surface area is 176 Å². The number of guanidine groups is 1. The van der Waals surface area contributed by atoms with Gasteiger partial charge in [-0.3, -0.25) is 9.69 Å². The molecule has 0 bridgehead atoms. The summed E-state index contributed by atoms with van der Waals surface area (Å²) in [5.41, 5.74) is 1.78. The van der Waals surface area contributed by atoms with Crippen LogP contribution in [-0.4, -0.2) is 47.5 Å². The normalized spacial score (nSPS) is 15.6. The summed E-state index contributed by atoms with van der Waals surface area (Å²) in [5.74, 6) is 0.793. The number of amides is 2.